The fraction of sp³-hybridized carbons (Fsp3) is 0.923. The lowest BCUT2D eigenvalue weighted by molar-refractivity contribution is -0.336. The first-order valence-corrected chi connectivity index (χ1v) is 6.98. The van der Waals surface area contributed by atoms with E-state index in [0.29, 0.717) is 19.8 Å². The molecule has 18 heavy (non-hydrogen) atoms. The second-order valence-electron chi connectivity index (χ2n) is 4.10. The van der Waals surface area contributed by atoms with E-state index in [1.807, 2.05) is 6.92 Å². The van der Waals surface area contributed by atoms with Crippen LogP contribution in [0.15, 0.2) is 0 Å². The number of hydrogen-bond acceptors (Lipinski definition) is 4. The third kappa shape index (κ3) is 9.24. The van der Waals surface area contributed by atoms with Gasteiger partial charge in [-0.15, -0.1) is 0 Å². The summed E-state index contributed by atoms with van der Waals surface area (Å²) in [7, 11) is 0. The maximum absolute atomic E-state index is 11.7. The lowest BCUT2D eigenvalue weighted by atomic mass is 10.4. The molecule has 0 aliphatic rings. The van der Waals surface area contributed by atoms with E-state index in [1.165, 1.54) is 0 Å². The Morgan fingerprint density at radius 1 is 0.833 bits per heavy atom. The van der Waals surface area contributed by atoms with Gasteiger partial charge in [0.05, 0.1) is 19.8 Å². The molecule has 0 radical (unpaired) electrons. The van der Waals surface area contributed by atoms with Crippen molar-refractivity contribution in [1.82, 2.24) is 5.23 Å². The molecule has 0 aromatic rings. The third-order valence-electron chi connectivity index (χ3n) is 2.29. The van der Waals surface area contributed by atoms with Crippen LogP contribution in [0, 0.1) is 0 Å². The van der Waals surface area contributed by atoms with Crippen LogP contribution < -0.4 is 0 Å². The number of hydroxylamine groups is 2. The van der Waals surface area contributed by atoms with Gasteiger partial charge in [-0.2, -0.15) is 0 Å². The van der Waals surface area contributed by atoms with Crippen LogP contribution in [0.3, 0.4) is 0 Å². The zero-order valence-electron chi connectivity index (χ0n) is 11.9. The molecule has 0 heterocycles. The highest BCUT2D eigenvalue weighted by Gasteiger charge is 2.16. The Bertz CT molecular complexity index is 189. The topological polar surface area (TPSA) is 48.0 Å². The molecule has 5 heteroatoms. The monoisotopic (exact) mass is 261 g/mol. The van der Waals surface area contributed by atoms with Crippen LogP contribution in [-0.4, -0.2) is 31.1 Å². The smallest absolute Gasteiger partial charge is 0.446 e. The van der Waals surface area contributed by atoms with E-state index < -0.39 is 6.09 Å². The SMILES string of the molecule is CCCCOC(=O)N(OCCCC)OCCCC. The first kappa shape index (κ1) is 17.2. The molecule has 5 nitrogen and oxygen atoms in total. The van der Waals surface area contributed by atoms with Gasteiger partial charge in [0.1, 0.15) is 0 Å². The van der Waals surface area contributed by atoms with Crippen molar-refractivity contribution in [3.63, 3.8) is 0 Å². The maximum Gasteiger partial charge on any atom is 0.459 e. The van der Waals surface area contributed by atoms with Gasteiger partial charge in [0, 0.05) is 0 Å². The number of hydrogen-bond donors (Lipinski definition) is 0. The molecule has 0 bridgehead atoms. The van der Waals surface area contributed by atoms with Gasteiger partial charge in [0.25, 0.3) is 0 Å². The number of ether oxygens (including phenoxy) is 1. The van der Waals surface area contributed by atoms with Crippen LogP contribution in [-0.2, 0) is 14.4 Å². The van der Waals surface area contributed by atoms with E-state index in [1.54, 1.807) is 0 Å². The number of nitrogens with zero attached hydrogens (tertiary/aromatic N) is 1. The van der Waals surface area contributed by atoms with E-state index >= 15 is 0 Å². The van der Waals surface area contributed by atoms with Crippen molar-refractivity contribution in [1.29, 1.82) is 0 Å². The second kappa shape index (κ2) is 12.6. The Kier molecular flexibility index (Phi) is 12.1. The predicted molar refractivity (Wildman–Crippen MR) is 69.8 cm³/mol. The van der Waals surface area contributed by atoms with Gasteiger partial charge in [0.2, 0.25) is 0 Å². The zero-order chi connectivity index (χ0) is 13.6. The molecule has 0 spiro atoms. The molecule has 1 amide bonds. The minimum Gasteiger partial charge on any atom is -0.446 e. The van der Waals surface area contributed by atoms with Crippen LogP contribution in [0.1, 0.15) is 59.3 Å². The molecule has 0 aliphatic carbocycles. The largest absolute Gasteiger partial charge is 0.459 e. The van der Waals surface area contributed by atoms with Crippen LogP contribution in [0.5, 0.6) is 0 Å². The summed E-state index contributed by atoms with van der Waals surface area (Å²) in [4.78, 5) is 22.2. The fourth-order valence-electron chi connectivity index (χ4n) is 1.08. The van der Waals surface area contributed by atoms with Crippen LogP contribution in [0.25, 0.3) is 0 Å². The average Bonchev–Trinajstić information content (AvgIpc) is 2.37. The summed E-state index contributed by atoms with van der Waals surface area (Å²) in [6, 6.07) is 0. The van der Waals surface area contributed by atoms with Crippen LogP contribution in [0.2, 0.25) is 0 Å². The molecule has 108 valence electrons. The van der Waals surface area contributed by atoms with Gasteiger partial charge in [-0.25, -0.2) is 14.5 Å². The first-order chi connectivity index (χ1) is 8.76. The van der Waals surface area contributed by atoms with Gasteiger partial charge in [-0.05, 0) is 24.5 Å². The van der Waals surface area contributed by atoms with Crippen molar-refractivity contribution in [2.75, 3.05) is 19.8 Å². The Hall–Kier alpha value is -0.810. The summed E-state index contributed by atoms with van der Waals surface area (Å²) in [5, 5.41) is 0.890. The van der Waals surface area contributed by atoms with Crippen molar-refractivity contribution in [2.24, 2.45) is 0 Å². The molecule has 0 aromatic carbocycles. The van der Waals surface area contributed by atoms with E-state index in [-0.39, 0.29) is 0 Å². The Morgan fingerprint density at radius 2 is 1.28 bits per heavy atom. The van der Waals surface area contributed by atoms with Crippen molar-refractivity contribution in [2.45, 2.75) is 59.3 Å². The molecule has 0 unspecified atom stereocenters. The number of carbonyl (C=O) groups is 1. The Morgan fingerprint density at radius 3 is 1.72 bits per heavy atom. The minimum atomic E-state index is -0.560. The number of amides is 1. The fourth-order valence-corrected chi connectivity index (χ4v) is 1.08. The van der Waals surface area contributed by atoms with E-state index in [9.17, 15) is 4.79 Å². The second-order valence-corrected chi connectivity index (χ2v) is 4.10. The highest BCUT2D eigenvalue weighted by molar-refractivity contribution is 5.64. The minimum absolute atomic E-state index is 0.403. The summed E-state index contributed by atoms with van der Waals surface area (Å²) in [5.41, 5.74) is 0. The molecule has 0 saturated carbocycles. The van der Waals surface area contributed by atoms with Gasteiger partial charge < -0.3 is 4.74 Å². The highest BCUT2D eigenvalue weighted by Crippen LogP contribution is 2.03. The van der Waals surface area contributed by atoms with Gasteiger partial charge in [-0.1, -0.05) is 40.0 Å². The van der Waals surface area contributed by atoms with Crippen molar-refractivity contribution >= 4 is 6.09 Å². The quantitative estimate of drug-likeness (QED) is 0.420. The van der Waals surface area contributed by atoms with Crippen LogP contribution in [0.4, 0.5) is 4.79 Å². The lowest BCUT2D eigenvalue weighted by Gasteiger charge is -2.19. The maximum atomic E-state index is 11.7. The van der Waals surface area contributed by atoms with Crippen LogP contribution >= 0.6 is 0 Å². The Labute approximate surface area is 110 Å². The molecule has 0 fully saturated rings. The van der Waals surface area contributed by atoms with Crippen molar-refractivity contribution < 1.29 is 19.2 Å². The first-order valence-electron chi connectivity index (χ1n) is 6.98. The molecular weight excluding hydrogens is 234 g/mol. The highest BCUT2D eigenvalue weighted by atomic mass is 17.0. The summed E-state index contributed by atoms with van der Waals surface area (Å²) in [6.45, 7) is 7.49. The van der Waals surface area contributed by atoms with Gasteiger partial charge in [0.15, 0.2) is 0 Å². The molecule has 0 rings (SSSR count). The Balaban J connectivity index is 3.95. The number of rotatable bonds is 11. The third-order valence-corrected chi connectivity index (χ3v) is 2.29. The molecule has 0 N–H and O–H groups in total. The summed E-state index contributed by atoms with van der Waals surface area (Å²) >= 11 is 0. The standard InChI is InChI=1S/C13H27NO4/c1-4-7-10-16-13(15)14(17-11-8-5-2)18-12-9-6-3/h4-12H2,1-3H3. The summed E-state index contributed by atoms with van der Waals surface area (Å²) in [6.07, 6.45) is 5.06. The van der Waals surface area contributed by atoms with Gasteiger partial charge >= 0.3 is 6.09 Å². The van der Waals surface area contributed by atoms with Gasteiger partial charge in [-0.3, -0.25) is 0 Å². The van der Waals surface area contributed by atoms with E-state index in [0.717, 1.165) is 43.8 Å². The van der Waals surface area contributed by atoms with E-state index in [2.05, 4.69) is 13.8 Å². The van der Waals surface area contributed by atoms with Crippen molar-refractivity contribution in [3.8, 4) is 0 Å². The number of unbranched alkanes of at least 4 members (excludes halogenated alkanes) is 3. The normalized spacial score (nSPS) is 10.4. The summed E-state index contributed by atoms with van der Waals surface area (Å²) in [5.74, 6) is 0. The van der Waals surface area contributed by atoms with E-state index in [4.69, 9.17) is 14.4 Å². The number of carbonyl (C=O) groups excluding carboxylic acids is 1. The predicted octanol–water partition coefficient (Wildman–Crippen LogP) is 3.69. The van der Waals surface area contributed by atoms with Crippen molar-refractivity contribution in [3.05, 3.63) is 0 Å². The molecule has 0 atom stereocenters. The summed E-state index contributed by atoms with van der Waals surface area (Å²) < 4.78 is 5.04. The lowest BCUT2D eigenvalue weighted by Crippen LogP contribution is -2.33. The molecular formula is C13H27NO4. The molecule has 0 aliphatic heterocycles. The zero-order valence-corrected chi connectivity index (χ0v) is 11.9. The average molecular weight is 261 g/mol. The molecule has 0 aromatic heterocycles. The molecule has 0 saturated heterocycles.